The number of hydrogen-bond acceptors (Lipinski definition) is 4. The fourth-order valence-electron chi connectivity index (χ4n) is 3.47. The van der Waals surface area contributed by atoms with Crippen LogP contribution in [-0.4, -0.2) is 41.5 Å². The topological polar surface area (TPSA) is 68.3 Å². The van der Waals surface area contributed by atoms with E-state index >= 15 is 0 Å². The Bertz CT molecular complexity index is 1150. The molecule has 0 unspecified atom stereocenters. The predicted molar refractivity (Wildman–Crippen MR) is 100 cm³/mol. The van der Waals surface area contributed by atoms with Gasteiger partial charge in [-0.3, -0.25) is 9.78 Å². The maximum Gasteiger partial charge on any atom is 0.274 e. The Labute approximate surface area is 159 Å². The Morgan fingerprint density at radius 2 is 2.07 bits per heavy atom. The maximum absolute atomic E-state index is 12.9. The number of aromatic nitrogens is 5. The van der Waals surface area contributed by atoms with Crippen LogP contribution < -0.4 is 0 Å². The minimum Gasteiger partial charge on any atom is -0.341 e. The molecule has 0 spiro atoms. The van der Waals surface area contributed by atoms with E-state index in [-0.39, 0.29) is 5.91 Å². The van der Waals surface area contributed by atoms with E-state index in [1.807, 2.05) is 23.2 Å². The number of carbonyl (C=O) groups excluding carboxylic acids is 1. The summed E-state index contributed by atoms with van der Waals surface area (Å²) in [5.74, 6) is -0.105. The Morgan fingerprint density at radius 1 is 1.15 bits per heavy atom. The average molecular weight is 379 g/mol. The van der Waals surface area contributed by atoms with Gasteiger partial charge in [0.1, 0.15) is 0 Å². The second-order valence-electron chi connectivity index (χ2n) is 6.43. The normalized spacial score (nSPS) is 13.7. The molecule has 0 radical (unpaired) electrons. The van der Waals surface area contributed by atoms with Crippen molar-refractivity contribution in [3.63, 3.8) is 0 Å². The van der Waals surface area contributed by atoms with Gasteiger partial charge in [-0.2, -0.15) is 5.10 Å². The number of fused-ring (bicyclic) bond motifs is 2. The van der Waals surface area contributed by atoms with Crippen molar-refractivity contribution in [3.8, 4) is 11.3 Å². The number of rotatable bonds is 2. The Kier molecular flexibility index (Phi) is 3.68. The van der Waals surface area contributed by atoms with Crippen molar-refractivity contribution in [1.29, 1.82) is 0 Å². The molecule has 8 heteroatoms. The van der Waals surface area contributed by atoms with Crippen LogP contribution in [0.15, 0.2) is 55.1 Å². The second-order valence-corrected chi connectivity index (χ2v) is 6.87. The molecule has 0 atom stereocenters. The van der Waals surface area contributed by atoms with Crippen LogP contribution in [0.5, 0.6) is 0 Å². The van der Waals surface area contributed by atoms with Gasteiger partial charge in [-0.1, -0.05) is 11.6 Å². The molecule has 0 saturated carbocycles. The summed E-state index contributed by atoms with van der Waals surface area (Å²) < 4.78 is 3.77. The van der Waals surface area contributed by atoms with Crippen molar-refractivity contribution in [2.45, 2.75) is 13.1 Å². The molecular formula is C19H15ClN6O. The van der Waals surface area contributed by atoms with Crippen molar-refractivity contribution in [1.82, 2.24) is 29.0 Å². The third-order valence-corrected chi connectivity index (χ3v) is 4.96. The number of halogens is 1. The van der Waals surface area contributed by atoms with E-state index in [0.29, 0.717) is 29.5 Å². The minimum absolute atomic E-state index is 0.105. The molecule has 4 aromatic heterocycles. The number of pyridine rings is 1. The smallest absolute Gasteiger partial charge is 0.274 e. The molecule has 5 heterocycles. The standard InChI is InChI=1S/C19H15ClN6O/c20-14-10-22-18-8-16(23-26(18)11-14)19(27)24-6-7-25-15(12-24)3-4-17(25)13-2-1-5-21-9-13/h1-5,8-11H,6-7,12H2. The van der Waals surface area contributed by atoms with Crippen molar-refractivity contribution in [3.05, 3.63) is 71.5 Å². The molecule has 0 N–H and O–H groups in total. The average Bonchev–Trinajstić information content (AvgIpc) is 3.31. The maximum atomic E-state index is 12.9. The highest BCUT2D eigenvalue weighted by molar-refractivity contribution is 6.30. The largest absolute Gasteiger partial charge is 0.341 e. The Balaban J connectivity index is 1.42. The number of carbonyl (C=O) groups is 1. The van der Waals surface area contributed by atoms with Crippen LogP contribution >= 0.6 is 11.6 Å². The summed E-state index contributed by atoms with van der Waals surface area (Å²) >= 11 is 5.94. The van der Waals surface area contributed by atoms with Crippen LogP contribution in [0.3, 0.4) is 0 Å². The SMILES string of the molecule is O=C(c1cc2ncc(Cl)cn2n1)N1CCn2c(ccc2-c2cccnc2)C1. The van der Waals surface area contributed by atoms with Gasteiger partial charge in [0.2, 0.25) is 0 Å². The summed E-state index contributed by atoms with van der Waals surface area (Å²) in [6, 6.07) is 9.80. The second kappa shape index (κ2) is 6.21. The van der Waals surface area contributed by atoms with E-state index in [9.17, 15) is 4.79 Å². The van der Waals surface area contributed by atoms with Crippen LogP contribution in [-0.2, 0) is 13.1 Å². The first-order chi connectivity index (χ1) is 13.2. The molecule has 1 amide bonds. The van der Waals surface area contributed by atoms with E-state index in [1.54, 1.807) is 24.7 Å². The lowest BCUT2D eigenvalue weighted by molar-refractivity contribution is 0.0705. The van der Waals surface area contributed by atoms with Crippen LogP contribution in [0.25, 0.3) is 16.9 Å². The quantitative estimate of drug-likeness (QED) is 0.538. The van der Waals surface area contributed by atoms with Crippen molar-refractivity contribution in [2.24, 2.45) is 0 Å². The van der Waals surface area contributed by atoms with Gasteiger partial charge in [-0.05, 0) is 24.3 Å². The van der Waals surface area contributed by atoms with Gasteiger partial charge in [-0.15, -0.1) is 0 Å². The molecule has 27 heavy (non-hydrogen) atoms. The van der Waals surface area contributed by atoms with E-state index in [1.165, 1.54) is 4.52 Å². The zero-order valence-electron chi connectivity index (χ0n) is 14.3. The minimum atomic E-state index is -0.105. The van der Waals surface area contributed by atoms with E-state index < -0.39 is 0 Å². The molecule has 0 fully saturated rings. The van der Waals surface area contributed by atoms with E-state index in [0.717, 1.165) is 23.5 Å². The Hall–Kier alpha value is -3.19. The lowest BCUT2D eigenvalue weighted by Crippen LogP contribution is -2.38. The third kappa shape index (κ3) is 2.76. The van der Waals surface area contributed by atoms with Gasteiger partial charge in [0.15, 0.2) is 11.3 Å². The van der Waals surface area contributed by atoms with E-state index in [2.05, 4.69) is 31.8 Å². The summed E-state index contributed by atoms with van der Waals surface area (Å²) in [4.78, 5) is 23.1. The summed E-state index contributed by atoms with van der Waals surface area (Å²) in [6.07, 6.45) is 6.80. The molecule has 0 bridgehead atoms. The van der Waals surface area contributed by atoms with Crippen LogP contribution in [0.1, 0.15) is 16.2 Å². The molecule has 1 aliphatic heterocycles. The highest BCUT2D eigenvalue weighted by Crippen LogP contribution is 2.26. The summed E-state index contributed by atoms with van der Waals surface area (Å²) in [5.41, 5.74) is 4.27. The number of amides is 1. The molecule has 1 aliphatic rings. The number of hydrogen-bond donors (Lipinski definition) is 0. The van der Waals surface area contributed by atoms with Gasteiger partial charge in [0.25, 0.3) is 5.91 Å². The first-order valence-electron chi connectivity index (χ1n) is 8.58. The van der Waals surface area contributed by atoms with Crippen molar-refractivity contribution >= 4 is 23.2 Å². The summed E-state index contributed by atoms with van der Waals surface area (Å²) in [7, 11) is 0. The predicted octanol–water partition coefficient (Wildman–Crippen LogP) is 2.90. The van der Waals surface area contributed by atoms with Crippen molar-refractivity contribution in [2.75, 3.05) is 6.54 Å². The molecule has 7 nitrogen and oxygen atoms in total. The van der Waals surface area contributed by atoms with Gasteiger partial charge in [0, 0.05) is 54.7 Å². The highest BCUT2D eigenvalue weighted by Gasteiger charge is 2.25. The molecule has 4 aromatic rings. The van der Waals surface area contributed by atoms with E-state index in [4.69, 9.17) is 11.6 Å². The van der Waals surface area contributed by atoms with Gasteiger partial charge < -0.3 is 9.47 Å². The highest BCUT2D eigenvalue weighted by atomic mass is 35.5. The monoisotopic (exact) mass is 378 g/mol. The first kappa shape index (κ1) is 16.0. The fraction of sp³-hybridized carbons (Fsp3) is 0.158. The zero-order valence-corrected chi connectivity index (χ0v) is 15.0. The van der Waals surface area contributed by atoms with Gasteiger partial charge in [0.05, 0.1) is 17.8 Å². The Morgan fingerprint density at radius 3 is 2.93 bits per heavy atom. The molecule has 5 rings (SSSR count). The zero-order chi connectivity index (χ0) is 18.4. The molecular weight excluding hydrogens is 364 g/mol. The van der Waals surface area contributed by atoms with Crippen molar-refractivity contribution < 1.29 is 4.79 Å². The molecule has 134 valence electrons. The lowest BCUT2D eigenvalue weighted by Gasteiger charge is -2.29. The molecule has 0 aromatic carbocycles. The van der Waals surface area contributed by atoms with Crippen LogP contribution in [0, 0.1) is 0 Å². The summed E-state index contributed by atoms with van der Waals surface area (Å²) in [5, 5.41) is 4.80. The fourth-order valence-corrected chi connectivity index (χ4v) is 3.61. The molecule has 0 saturated heterocycles. The van der Waals surface area contributed by atoms with Crippen LogP contribution in [0.2, 0.25) is 5.02 Å². The van der Waals surface area contributed by atoms with Gasteiger partial charge >= 0.3 is 0 Å². The summed E-state index contributed by atoms with van der Waals surface area (Å²) in [6.45, 7) is 1.90. The molecule has 0 aliphatic carbocycles. The third-order valence-electron chi connectivity index (χ3n) is 4.76. The number of nitrogens with zero attached hydrogens (tertiary/aromatic N) is 6. The first-order valence-corrected chi connectivity index (χ1v) is 8.96. The lowest BCUT2D eigenvalue weighted by atomic mass is 10.2. The van der Waals surface area contributed by atoms with Crippen LogP contribution in [0.4, 0.5) is 0 Å². The van der Waals surface area contributed by atoms with Gasteiger partial charge in [-0.25, -0.2) is 9.50 Å².